The van der Waals surface area contributed by atoms with E-state index in [2.05, 4.69) is 4.98 Å². The quantitative estimate of drug-likeness (QED) is 0.377. The number of nitrogens with one attached hydrogen (secondary N) is 1. The van der Waals surface area contributed by atoms with Gasteiger partial charge in [-0.15, -0.1) is 0 Å². The summed E-state index contributed by atoms with van der Waals surface area (Å²) in [5.74, 6) is -1.30. The van der Waals surface area contributed by atoms with Crippen LogP contribution in [0.25, 0.3) is 22.3 Å². The molecule has 4 rings (SSSR count). The number of benzene rings is 1. The Morgan fingerprint density at radius 1 is 1.21 bits per heavy atom. The highest BCUT2D eigenvalue weighted by atomic mass is 32.2. The molecule has 2 aromatic heterocycles. The predicted octanol–water partition coefficient (Wildman–Crippen LogP) is 5.64. The molecule has 7 nitrogen and oxygen atoms in total. The SMILES string of the molecule is CC(C)(NS(=O)(=O)c1cccnc1-c1c(C2CCCC2)c2c(C#N)cc(F)cc2n1OC(F)F)C(F)(F)F. The average molecular weight is 561 g/mol. The van der Waals surface area contributed by atoms with Crippen LogP contribution in [0.5, 0.6) is 0 Å². The first kappa shape index (κ1) is 27.7. The number of hydrogen-bond donors (Lipinski definition) is 1. The monoisotopic (exact) mass is 560 g/mol. The second-order valence-corrected chi connectivity index (χ2v) is 11.1. The minimum Gasteiger partial charge on any atom is -0.343 e. The molecule has 0 bridgehead atoms. The first-order valence-corrected chi connectivity index (χ1v) is 13.0. The second kappa shape index (κ2) is 9.77. The van der Waals surface area contributed by atoms with Crippen LogP contribution in [0.1, 0.15) is 56.6 Å². The van der Waals surface area contributed by atoms with Crippen molar-refractivity contribution in [3.8, 4) is 17.5 Å². The zero-order valence-electron chi connectivity index (χ0n) is 20.1. The summed E-state index contributed by atoms with van der Waals surface area (Å²) < 4.78 is 111. The summed E-state index contributed by atoms with van der Waals surface area (Å²) in [6.07, 6.45) is -1.27. The largest absolute Gasteiger partial charge is 0.407 e. The standard InChI is InChI=1S/C24H22F6N4O3S/c1-23(2,24(28,29)30)33-38(35,36)17-8-5-9-32-20(17)21-19(13-6-3-4-7-13)18-14(12-31)10-15(25)11-16(18)34(21)37-22(26)27/h5,8-11,13,22,33H,3-4,6-7H2,1-2H3. The maximum Gasteiger partial charge on any atom is 0.407 e. The Morgan fingerprint density at radius 3 is 2.45 bits per heavy atom. The van der Waals surface area contributed by atoms with Crippen LogP contribution in [0.15, 0.2) is 35.4 Å². The van der Waals surface area contributed by atoms with Crippen molar-refractivity contribution in [1.82, 2.24) is 14.4 Å². The van der Waals surface area contributed by atoms with Gasteiger partial charge < -0.3 is 4.84 Å². The van der Waals surface area contributed by atoms with Gasteiger partial charge in [0.05, 0.1) is 17.1 Å². The number of halogens is 6. The lowest BCUT2D eigenvalue weighted by molar-refractivity contribution is -0.180. The van der Waals surface area contributed by atoms with Crippen LogP contribution in [0.2, 0.25) is 0 Å². The zero-order valence-corrected chi connectivity index (χ0v) is 20.9. The lowest BCUT2D eigenvalue weighted by atomic mass is 9.91. The van der Waals surface area contributed by atoms with Crippen LogP contribution in [-0.4, -0.2) is 36.5 Å². The molecular weight excluding hydrogens is 538 g/mol. The van der Waals surface area contributed by atoms with E-state index in [0.29, 0.717) is 31.4 Å². The summed E-state index contributed by atoms with van der Waals surface area (Å²) in [5, 5.41) is 9.80. The molecule has 0 spiro atoms. The summed E-state index contributed by atoms with van der Waals surface area (Å²) in [6.45, 7) is -2.20. The second-order valence-electron chi connectivity index (χ2n) is 9.44. The Kier molecular flexibility index (Phi) is 7.13. The van der Waals surface area contributed by atoms with Crippen molar-refractivity contribution in [2.45, 2.75) is 68.7 Å². The zero-order chi connectivity index (χ0) is 28.0. The van der Waals surface area contributed by atoms with Gasteiger partial charge in [-0.25, -0.2) is 12.8 Å². The van der Waals surface area contributed by atoms with Crippen molar-refractivity contribution in [1.29, 1.82) is 5.26 Å². The third-order valence-corrected chi connectivity index (χ3v) is 8.17. The fraction of sp³-hybridized carbons (Fsp3) is 0.417. The number of alkyl halides is 5. The van der Waals surface area contributed by atoms with Gasteiger partial charge in [-0.2, -0.15) is 36.7 Å². The van der Waals surface area contributed by atoms with Crippen molar-refractivity contribution in [3.05, 3.63) is 47.4 Å². The van der Waals surface area contributed by atoms with Gasteiger partial charge in [0, 0.05) is 17.6 Å². The van der Waals surface area contributed by atoms with E-state index in [4.69, 9.17) is 4.84 Å². The first-order valence-electron chi connectivity index (χ1n) is 11.5. The molecular formula is C24H22F6N4O3S. The molecule has 0 radical (unpaired) electrons. The van der Waals surface area contributed by atoms with Crippen molar-refractivity contribution < 1.29 is 39.6 Å². The number of hydrogen-bond acceptors (Lipinski definition) is 5. The van der Waals surface area contributed by atoms with E-state index >= 15 is 0 Å². The van der Waals surface area contributed by atoms with E-state index in [-0.39, 0.29) is 33.6 Å². The predicted molar refractivity (Wildman–Crippen MR) is 124 cm³/mol. The lowest BCUT2D eigenvalue weighted by Crippen LogP contribution is -2.54. The van der Waals surface area contributed by atoms with Crippen molar-refractivity contribution >= 4 is 20.9 Å². The number of pyridine rings is 1. The fourth-order valence-corrected chi connectivity index (χ4v) is 6.29. The number of aromatic nitrogens is 2. The average Bonchev–Trinajstić information content (AvgIpc) is 3.43. The molecule has 1 aliphatic rings. The normalized spacial score (nSPS) is 15.4. The molecule has 1 fully saturated rings. The Morgan fingerprint density at radius 2 is 1.87 bits per heavy atom. The smallest absolute Gasteiger partial charge is 0.343 e. The summed E-state index contributed by atoms with van der Waals surface area (Å²) in [4.78, 5) is 8.02. The van der Waals surface area contributed by atoms with Crippen LogP contribution in [0, 0.1) is 17.1 Å². The van der Waals surface area contributed by atoms with Gasteiger partial charge in [-0.1, -0.05) is 12.8 Å². The highest BCUT2D eigenvalue weighted by molar-refractivity contribution is 7.89. The molecule has 38 heavy (non-hydrogen) atoms. The molecule has 14 heteroatoms. The van der Waals surface area contributed by atoms with Crippen molar-refractivity contribution in [3.63, 3.8) is 0 Å². The minimum atomic E-state index is -4.97. The topological polar surface area (TPSA) is 97.0 Å². The highest BCUT2D eigenvalue weighted by Crippen LogP contribution is 2.46. The summed E-state index contributed by atoms with van der Waals surface area (Å²) >= 11 is 0. The molecule has 0 atom stereocenters. The lowest BCUT2D eigenvalue weighted by Gasteiger charge is -2.28. The van der Waals surface area contributed by atoms with Gasteiger partial charge >= 0.3 is 12.8 Å². The maximum atomic E-state index is 14.5. The van der Waals surface area contributed by atoms with Crippen LogP contribution in [-0.2, 0) is 10.0 Å². The maximum absolute atomic E-state index is 14.5. The van der Waals surface area contributed by atoms with E-state index in [1.54, 1.807) is 4.72 Å². The van der Waals surface area contributed by atoms with Crippen LogP contribution < -0.4 is 9.56 Å². The van der Waals surface area contributed by atoms with Gasteiger partial charge in [-0.05, 0) is 56.4 Å². The molecule has 0 amide bonds. The van der Waals surface area contributed by atoms with Crippen LogP contribution in [0.4, 0.5) is 26.3 Å². The molecule has 1 N–H and O–H groups in total. The summed E-state index contributed by atoms with van der Waals surface area (Å²) in [7, 11) is -4.95. The van der Waals surface area contributed by atoms with Gasteiger partial charge in [0.25, 0.3) is 0 Å². The molecule has 204 valence electrons. The number of nitriles is 1. The first-order chi connectivity index (χ1) is 17.7. The van der Waals surface area contributed by atoms with Crippen LogP contribution >= 0.6 is 0 Å². The Balaban J connectivity index is 2.10. The number of rotatable bonds is 7. The van der Waals surface area contributed by atoms with E-state index in [0.717, 1.165) is 43.3 Å². The fourth-order valence-electron chi connectivity index (χ4n) is 4.73. The van der Waals surface area contributed by atoms with E-state index < -0.39 is 44.8 Å². The van der Waals surface area contributed by atoms with Gasteiger partial charge in [0.1, 0.15) is 27.6 Å². The molecule has 1 aliphatic carbocycles. The number of sulfonamides is 1. The molecule has 1 aromatic carbocycles. The van der Waals surface area contributed by atoms with Crippen molar-refractivity contribution in [2.75, 3.05) is 0 Å². The van der Waals surface area contributed by atoms with E-state index in [1.807, 2.05) is 6.07 Å². The minimum absolute atomic E-state index is 0.0778. The number of fused-ring (bicyclic) bond motifs is 1. The molecule has 0 unspecified atom stereocenters. The molecule has 3 aromatic rings. The van der Waals surface area contributed by atoms with E-state index in [1.165, 1.54) is 0 Å². The third-order valence-electron chi connectivity index (χ3n) is 6.48. The van der Waals surface area contributed by atoms with Crippen molar-refractivity contribution in [2.24, 2.45) is 0 Å². The molecule has 2 heterocycles. The molecule has 0 saturated heterocycles. The summed E-state index contributed by atoms with van der Waals surface area (Å²) in [5.41, 5.74) is -3.91. The Hall–Kier alpha value is -3.31. The van der Waals surface area contributed by atoms with Crippen LogP contribution in [0.3, 0.4) is 0 Å². The Bertz CT molecular complexity index is 1520. The molecule has 1 saturated carbocycles. The molecule has 0 aliphatic heterocycles. The third kappa shape index (κ3) is 4.92. The number of nitrogens with zero attached hydrogens (tertiary/aromatic N) is 3. The summed E-state index contributed by atoms with van der Waals surface area (Å²) in [6, 6.07) is 5.76. The van der Waals surface area contributed by atoms with Gasteiger partial charge in [0.15, 0.2) is 0 Å². The van der Waals surface area contributed by atoms with Gasteiger partial charge in [0.2, 0.25) is 10.0 Å². The highest BCUT2D eigenvalue weighted by Gasteiger charge is 2.50. The van der Waals surface area contributed by atoms with Gasteiger partial charge in [-0.3, -0.25) is 4.98 Å². The van der Waals surface area contributed by atoms with E-state index in [9.17, 15) is 40.0 Å². The Labute approximate surface area is 214 Å².